The zero-order valence-electron chi connectivity index (χ0n) is 10.4. The van der Waals surface area contributed by atoms with Crippen molar-refractivity contribution in [3.8, 4) is 5.75 Å². The molecule has 2 aromatic rings. The highest BCUT2D eigenvalue weighted by molar-refractivity contribution is 7.11. The third-order valence-corrected chi connectivity index (χ3v) is 3.35. The van der Waals surface area contributed by atoms with Gasteiger partial charge in [0.1, 0.15) is 0 Å². The molecule has 0 amide bonds. The third-order valence-electron chi connectivity index (χ3n) is 2.55. The average Bonchev–Trinajstić information content (AvgIpc) is 2.71. The Labute approximate surface area is 110 Å². The van der Waals surface area contributed by atoms with Gasteiger partial charge in [0, 0.05) is 18.9 Å². The van der Waals surface area contributed by atoms with E-state index >= 15 is 0 Å². The van der Waals surface area contributed by atoms with Crippen molar-refractivity contribution in [2.75, 3.05) is 17.7 Å². The van der Waals surface area contributed by atoms with Gasteiger partial charge in [0.2, 0.25) is 0 Å². The molecule has 0 spiro atoms. The second-order valence-corrected chi connectivity index (χ2v) is 4.59. The normalized spacial score (nSPS) is 10.3. The van der Waals surface area contributed by atoms with Crippen LogP contribution >= 0.6 is 11.5 Å². The minimum Gasteiger partial charge on any atom is -0.487 e. The number of aryl methyl sites for hydroxylation is 1. The number of nitrogens with one attached hydrogen (secondary N) is 1. The zero-order chi connectivity index (χ0) is 13.0. The highest BCUT2D eigenvalue weighted by Crippen LogP contribution is 2.35. The molecule has 96 valence electrons. The summed E-state index contributed by atoms with van der Waals surface area (Å²) in [6, 6.07) is 1.99. The molecular weight excluding hydrogens is 248 g/mol. The molecule has 0 atom stereocenters. The molecule has 2 heterocycles. The van der Waals surface area contributed by atoms with E-state index in [0.29, 0.717) is 24.7 Å². The Morgan fingerprint density at radius 1 is 1.50 bits per heavy atom. The molecule has 0 aliphatic carbocycles. The largest absolute Gasteiger partial charge is 0.487 e. The minimum absolute atomic E-state index is 0.437. The van der Waals surface area contributed by atoms with Crippen LogP contribution in [0.1, 0.15) is 18.1 Å². The maximum absolute atomic E-state index is 5.75. The van der Waals surface area contributed by atoms with Crippen LogP contribution in [0.25, 0.3) is 0 Å². The highest BCUT2D eigenvalue weighted by Gasteiger charge is 2.12. The molecular formula is C12H16N4OS. The smallest absolute Gasteiger partial charge is 0.197 e. The number of ether oxygens (including phenoxy) is 1. The van der Waals surface area contributed by atoms with Gasteiger partial charge in [0.05, 0.1) is 6.61 Å². The molecule has 6 heteroatoms. The lowest BCUT2D eigenvalue weighted by atomic mass is 10.2. The molecule has 2 aromatic heterocycles. The minimum atomic E-state index is 0.437. The average molecular weight is 264 g/mol. The monoisotopic (exact) mass is 264 g/mol. The van der Waals surface area contributed by atoms with E-state index in [9.17, 15) is 0 Å². The second kappa shape index (κ2) is 5.68. The predicted octanol–water partition coefficient (Wildman–Crippen LogP) is 2.44. The Hall–Kier alpha value is -1.82. The molecule has 18 heavy (non-hydrogen) atoms. The zero-order valence-corrected chi connectivity index (χ0v) is 11.3. The van der Waals surface area contributed by atoms with Gasteiger partial charge in [-0.15, -0.1) is 0 Å². The Balaban J connectivity index is 2.09. The van der Waals surface area contributed by atoms with E-state index in [4.69, 9.17) is 10.5 Å². The van der Waals surface area contributed by atoms with E-state index in [1.54, 1.807) is 6.20 Å². The summed E-state index contributed by atoms with van der Waals surface area (Å²) in [5, 5.41) is 4.15. The van der Waals surface area contributed by atoms with E-state index < -0.39 is 0 Å². The summed E-state index contributed by atoms with van der Waals surface area (Å²) in [7, 11) is 0. The molecule has 0 saturated carbocycles. The summed E-state index contributed by atoms with van der Waals surface area (Å²) in [5.74, 6) is 1.08. The van der Waals surface area contributed by atoms with Gasteiger partial charge in [-0.05, 0) is 42.6 Å². The van der Waals surface area contributed by atoms with Crippen LogP contribution < -0.4 is 15.8 Å². The number of nitrogens with zero attached hydrogens (tertiary/aromatic N) is 2. The second-order valence-electron chi connectivity index (χ2n) is 3.81. The van der Waals surface area contributed by atoms with Crippen LogP contribution in [0, 0.1) is 6.92 Å². The molecule has 0 aromatic carbocycles. The van der Waals surface area contributed by atoms with E-state index in [2.05, 4.69) is 21.6 Å². The Kier molecular flexibility index (Phi) is 3.99. The van der Waals surface area contributed by atoms with Crippen LogP contribution in [-0.2, 0) is 6.54 Å². The molecule has 0 fully saturated rings. The van der Waals surface area contributed by atoms with Gasteiger partial charge in [-0.1, -0.05) is 0 Å². The van der Waals surface area contributed by atoms with Crippen LogP contribution in [0.2, 0.25) is 0 Å². The first kappa shape index (κ1) is 12.6. The van der Waals surface area contributed by atoms with Gasteiger partial charge in [0.15, 0.2) is 16.6 Å². The summed E-state index contributed by atoms with van der Waals surface area (Å²) < 4.78 is 9.56. The summed E-state index contributed by atoms with van der Waals surface area (Å²) in [6.45, 7) is 5.24. The number of hydrogen-bond acceptors (Lipinski definition) is 6. The number of hydrogen-bond donors (Lipinski definition) is 2. The lowest BCUT2D eigenvalue weighted by Crippen LogP contribution is -2.03. The molecule has 0 bridgehead atoms. The summed E-state index contributed by atoms with van der Waals surface area (Å²) in [6.07, 6.45) is 3.64. The van der Waals surface area contributed by atoms with Crippen LogP contribution in [0.3, 0.4) is 0 Å². The van der Waals surface area contributed by atoms with Crippen LogP contribution in [0.15, 0.2) is 18.5 Å². The number of aromatic nitrogens is 2. The maximum atomic E-state index is 5.75. The number of nitrogens with two attached hydrogens (primary N) is 1. The van der Waals surface area contributed by atoms with Gasteiger partial charge >= 0.3 is 0 Å². The third kappa shape index (κ3) is 2.70. The first-order valence-corrected chi connectivity index (χ1v) is 6.51. The van der Waals surface area contributed by atoms with E-state index in [-0.39, 0.29) is 0 Å². The molecule has 0 saturated heterocycles. The van der Waals surface area contributed by atoms with Crippen molar-refractivity contribution in [1.82, 2.24) is 9.36 Å². The number of pyridine rings is 1. The number of anilines is 2. The number of nitrogen functional groups attached to an aromatic ring is 1. The quantitative estimate of drug-likeness (QED) is 0.867. The van der Waals surface area contributed by atoms with Crippen molar-refractivity contribution in [3.63, 3.8) is 0 Å². The maximum Gasteiger partial charge on any atom is 0.197 e. The highest BCUT2D eigenvalue weighted by atomic mass is 32.1. The van der Waals surface area contributed by atoms with Gasteiger partial charge < -0.3 is 15.8 Å². The van der Waals surface area contributed by atoms with Crippen LogP contribution in [0.4, 0.5) is 10.8 Å². The molecule has 5 nitrogen and oxygen atoms in total. The van der Waals surface area contributed by atoms with Gasteiger partial charge in [-0.3, -0.25) is 4.98 Å². The fraction of sp³-hybridized carbons (Fsp3) is 0.333. The number of rotatable bonds is 5. The molecule has 0 aliphatic heterocycles. The Bertz CT molecular complexity index is 527. The molecule has 0 radical (unpaired) electrons. The standard InChI is InChI=1S/C12H16N4OS/c1-3-17-10-11(13)16-18-12(10)15-7-9-6-14-5-4-8(9)2/h4-6,15H,3,7H2,1-2H3,(H2,13,16). The molecule has 2 rings (SSSR count). The SMILES string of the molecule is CCOc1c(N)nsc1NCc1cnccc1C. The van der Waals surface area contributed by atoms with Crippen molar-refractivity contribution in [2.24, 2.45) is 0 Å². The Morgan fingerprint density at radius 3 is 3.06 bits per heavy atom. The molecule has 0 aliphatic rings. The van der Waals surface area contributed by atoms with E-state index in [1.807, 2.05) is 19.2 Å². The fourth-order valence-corrected chi connectivity index (χ4v) is 2.20. The lowest BCUT2D eigenvalue weighted by Gasteiger charge is -2.08. The van der Waals surface area contributed by atoms with Crippen molar-refractivity contribution < 1.29 is 4.74 Å². The van der Waals surface area contributed by atoms with Crippen LogP contribution in [-0.4, -0.2) is 16.0 Å². The summed E-state index contributed by atoms with van der Waals surface area (Å²) in [4.78, 5) is 4.11. The van der Waals surface area contributed by atoms with Crippen molar-refractivity contribution in [2.45, 2.75) is 20.4 Å². The van der Waals surface area contributed by atoms with Crippen molar-refractivity contribution in [3.05, 3.63) is 29.6 Å². The predicted molar refractivity (Wildman–Crippen MR) is 74.0 cm³/mol. The molecule has 0 unspecified atom stereocenters. The van der Waals surface area contributed by atoms with Gasteiger partial charge in [-0.25, -0.2) is 0 Å². The van der Waals surface area contributed by atoms with E-state index in [0.717, 1.165) is 10.6 Å². The van der Waals surface area contributed by atoms with E-state index in [1.165, 1.54) is 17.1 Å². The van der Waals surface area contributed by atoms with Gasteiger partial charge in [-0.2, -0.15) is 4.37 Å². The first-order valence-electron chi connectivity index (χ1n) is 5.73. The lowest BCUT2D eigenvalue weighted by molar-refractivity contribution is 0.344. The molecule has 3 N–H and O–H groups in total. The van der Waals surface area contributed by atoms with Crippen molar-refractivity contribution >= 4 is 22.4 Å². The fourth-order valence-electron chi connectivity index (χ4n) is 1.55. The summed E-state index contributed by atoms with van der Waals surface area (Å²) >= 11 is 1.31. The first-order chi connectivity index (χ1) is 8.72. The Morgan fingerprint density at radius 2 is 2.33 bits per heavy atom. The van der Waals surface area contributed by atoms with Crippen LogP contribution in [0.5, 0.6) is 5.75 Å². The topological polar surface area (TPSA) is 73.1 Å². The van der Waals surface area contributed by atoms with Gasteiger partial charge in [0.25, 0.3) is 0 Å². The van der Waals surface area contributed by atoms with Crippen molar-refractivity contribution in [1.29, 1.82) is 0 Å². The summed E-state index contributed by atoms with van der Waals surface area (Å²) in [5.41, 5.74) is 8.10.